The van der Waals surface area contributed by atoms with Crippen LogP contribution in [0.15, 0.2) is 43.4 Å². The molecule has 9 heteroatoms. The molecule has 0 aromatic carbocycles. The highest BCUT2D eigenvalue weighted by Crippen LogP contribution is 2.24. The van der Waals surface area contributed by atoms with E-state index in [1.54, 1.807) is 23.3 Å². The van der Waals surface area contributed by atoms with Crippen molar-refractivity contribution >= 4 is 17.5 Å². The van der Waals surface area contributed by atoms with Crippen LogP contribution in [0.4, 0.5) is 11.6 Å². The Balaban J connectivity index is 1.38. The largest absolute Gasteiger partial charge is 0.355 e. The zero-order valence-electron chi connectivity index (χ0n) is 13.6. The van der Waals surface area contributed by atoms with Gasteiger partial charge in [-0.05, 0) is 18.6 Å². The van der Waals surface area contributed by atoms with Gasteiger partial charge in [0.25, 0.3) is 0 Å². The number of hydrogen-bond acceptors (Lipinski definition) is 7. The van der Waals surface area contributed by atoms with E-state index >= 15 is 0 Å². The van der Waals surface area contributed by atoms with Crippen LogP contribution >= 0.6 is 0 Å². The van der Waals surface area contributed by atoms with Crippen molar-refractivity contribution in [2.45, 2.75) is 6.92 Å². The maximum atomic E-state index is 12.3. The number of carbonyl (C=O) groups excluding carboxylic acids is 1. The number of pyridine rings is 1. The number of nitrogens with zero attached hydrogens (tertiary/aromatic N) is 7. The Kier molecular flexibility index (Phi) is 3.81. The van der Waals surface area contributed by atoms with E-state index in [9.17, 15) is 4.79 Å². The minimum atomic E-state index is -0.0899. The number of anilines is 2. The molecule has 0 saturated carbocycles. The number of amides is 1. The normalized spacial score (nSPS) is 14.2. The first-order valence-electron chi connectivity index (χ1n) is 7.84. The molecule has 1 saturated heterocycles. The minimum Gasteiger partial charge on any atom is -0.355 e. The summed E-state index contributed by atoms with van der Waals surface area (Å²) >= 11 is 0. The lowest BCUT2D eigenvalue weighted by atomic mass is 9.99. The fraction of sp³-hybridized carbons (Fsp3) is 0.250. The van der Waals surface area contributed by atoms with Crippen molar-refractivity contribution in [3.8, 4) is 5.82 Å². The molecule has 0 aliphatic carbocycles. The summed E-state index contributed by atoms with van der Waals surface area (Å²) in [6.45, 7) is 3.16. The highest BCUT2D eigenvalue weighted by Gasteiger charge is 2.33. The van der Waals surface area contributed by atoms with E-state index in [1.807, 2.05) is 24.0 Å². The molecule has 0 atom stereocenters. The smallest absolute Gasteiger partial charge is 0.232 e. The molecular weight excluding hydrogens is 320 g/mol. The minimum absolute atomic E-state index is 0.0295. The second-order valence-electron chi connectivity index (χ2n) is 5.89. The lowest BCUT2D eigenvalue weighted by Crippen LogP contribution is -2.52. The quantitative estimate of drug-likeness (QED) is 0.753. The third kappa shape index (κ3) is 3.16. The van der Waals surface area contributed by atoms with Gasteiger partial charge in [-0.25, -0.2) is 24.6 Å². The number of hydrogen-bond donors (Lipinski definition) is 1. The van der Waals surface area contributed by atoms with Crippen LogP contribution in [0.25, 0.3) is 5.82 Å². The summed E-state index contributed by atoms with van der Waals surface area (Å²) in [5.74, 6) is 1.85. The Morgan fingerprint density at radius 2 is 2.00 bits per heavy atom. The van der Waals surface area contributed by atoms with Crippen molar-refractivity contribution in [2.75, 3.05) is 23.3 Å². The maximum absolute atomic E-state index is 12.3. The van der Waals surface area contributed by atoms with Crippen LogP contribution < -0.4 is 10.2 Å². The second kappa shape index (κ2) is 6.27. The van der Waals surface area contributed by atoms with E-state index < -0.39 is 0 Å². The van der Waals surface area contributed by atoms with Gasteiger partial charge in [-0.3, -0.25) is 4.79 Å². The van der Waals surface area contributed by atoms with E-state index in [0.29, 0.717) is 24.7 Å². The Morgan fingerprint density at radius 3 is 2.72 bits per heavy atom. The third-order valence-corrected chi connectivity index (χ3v) is 4.03. The summed E-state index contributed by atoms with van der Waals surface area (Å²) < 4.78 is 1.57. The monoisotopic (exact) mass is 336 g/mol. The third-order valence-electron chi connectivity index (χ3n) is 4.03. The lowest BCUT2D eigenvalue weighted by Gasteiger charge is -2.38. The van der Waals surface area contributed by atoms with Crippen LogP contribution in [0.5, 0.6) is 0 Å². The van der Waals surface area contributed by atoms with Gasteiger partial charge in [-0.15, -0.1) is 0 Å². The average Bonchev–Trinajstić information content (AvgIpc) is 3.10. The molecule has 3 aromatic heterocycles. The molecule has 9 nitrogen and oxygen atoms in total. The van der Waals surface area contributed by atoms with E-state index in [0.717, 1.165) is 11.4 Å². The Hall–Kier alpha value is -3.36. The molecule has 0 bridgehead atoms. The van der Waals surface area contributed by atoms with Gasteiger partial charge < -0.3 is 10.2 Å². The topological polar surface area (TPSA) is 102 Å². The summed E-state index contributed by atoms with van der Waals surface area (Å²) in [7, 11) is 0. The summed E-state index contributed by atoms with van der Waals surface area (Å²) in [6, 6.07) is 5.55. The molecule has 4 heterocycles. The van der Waals surface area contributed by atoms with Crippen LogP contribution in [-0.2, 0) is 4.79 Å². The number of nitrogens with one attached hydrogen (secondary N) is 1. The lowest BCUT2D eigenvalue weighted by molar-refractivity contribution is -0.120. The molecule has 0 unspecified atom stereocenters. The van der Waals surface area contributed by atoms with E-state index in [1.165, 1.54) is 12.7 Å². The standard InChI is InChI=1S/C16H16N8O/c1-11-2-3-13(18-5-11)22-16(25)12-6-23(7-12)14-4-15(20-9-19-14)24-10-17-8-21-24/h2-5,8-10,12H,6-7H2,1H3,(H,18,22,25). The van der Waals surface area contributed by atoms with Gasteiger partial charge >= 0.3 is 0 Å². The highest BCUT2D eigenvalue weighted by molar-refractivity contribution is 5.93. The molecule has 1 aliphatic heterocycles. The van der Waals surface area contributed by atoms with Gasteiger partial charge in [0.2, 0.25) is 5.91 Å². The van der Waals surface area contributed by atoms with Gasteiger partial charge in [0.1, 0.15) is 30.6 Å². The Morgan fingerprint density at radius 1 is 1.16 bits per heavy atom. The first-order chi connectivity index (χ1) is 12.2. The number of aryl methyl sites for hydroxylation is 1. The maximum Gasteiger partial charge on any atom is 0.232 e. The van der Waals surface area contributed by atoms with Gasteiger partial charge in [-0.1, -0.05) is 6.07 Å². The number of carbonyl (C=O) groups is 1. The van der Waals surface area contributed by atoms with E-state index in [2.05, 4.69) is 30.4 Å². The van der Waals surface area contributed by atoms with Crippen molar-refractivity contribution in [3.05, 3.63) is 48.9 Å². The van der Waals surface area contributed by atoms with E-state index in [4.69, 9.17) is 0 Å². The van der Waals surface area contributed by atoms with E-state index in [-0.39, 0.29) is 11.8 Å². The second-order valence-corrected chi connectivity index (χ2v) is 5.89. The predicted molar refractivity (Wildman–Crippen MR) is 90.3 cm³/mol. The van der Waals surface area contributed by atoms with Crippen LogP contribution in [0.1, 0.15) is 5.56 Å². The SMILES string of the molecule is Cc1ccc(NC(=O)C2CN(c3cc(-n4cncn4)ncn3)C2)nc1. The van der Waals surface area contributed by atoms with Gasteiger partial charge in [0, 0.05) is 25.4 Å². The van der Waals surface area contributed by atoms with Crippen LogP contribution in [-0.4, -0.2) is 48.7 Å². The number of rotatable bonds is 4. The molecule has 4 rings (SSSR count). The molecule has 1 amide bonds. The first kappa shape index (κ1) is 15.2. The van der Waals surface area contributed by atoms with Crippen LogP contribution in [0, 0.1) is 12.8 Å². The molecular formula is C16H16N8O. The predicted octanol–water partition coefficient (Wildman–Crippen LogP) is 0.836. The molecule has 0 radical (unpaired) electrons. The summed E-state index contributed by atoms with van der Waals surface area (Å²) in [4.78, 5) is 30.8. The highest BCUT2D eigenvalue weighted by atomic mass is 16.2. The average molecular weight is 336 g/mol. The van der Waals surface area contributed by atoms with Crippen molar-refractivity contribution in [3.63, 3.8) is 0 Å². The van der Waals surface area contributed by atoms with Crippen molar-refractivity contribution in [1.82, 2.24) is 29.7 Å². The molecule has 1 aliphatic rings. The van der Waals surface area contributed by atoms with Crippen molar-refractivity contribution in [2.24, 2.45) is 5.92 Å². The summed E-state index contributed by atoms with van der Waals surface area (Å²) in [6.07, 6.45) is 6.24. The summed E-state index contributed by atoms with van der Waals surface area (Å²) in [5.41, 5.74) is 1.06. The zero-order valence-corrected chi connectivity index (χ0v) is 13.6. The molecule has 1 N–H and O–H groups in total. The zero-order chi connectivity index (χ0) is 17.2. The molecule has 126 valence electrons. The van der Waals surface area contributed by atoms with Gasteiger partial charge in [0.15, 0.2) is 5.82 Å². The summed E-state index contributed by atoms with van der Waals surface area (Å²) in [5, 5.41) is 6.90. The van der Waals surface area contributed by atoms with Gasteiger partial charge in [-0.2, -0.15) is 5.10 Å². The Labute approximate surface area is 143 Å². The van der Waals surface area contributed by atoms with Crippen LogP contribution in [0.2, 0.25) is 0 Å². The molecule has 0 spiro atoms. The fourth-order valence-corrected chi connectivity index (χ4v) is 2.56. The molecule has 25 heavy (non-hydrogen) atoms. The number of aromatic nitrogens is 6. The first-order valence-corrected chi connectivity index (χ1v) is 7.84. The van der Waals surface area contributed by atoms with Crippen molar-refractivity contribution < 1.29 is 4.79 Å². The fourth-order valence-electron chi connectivity index (χ4n) is 2.56. The molecule has 1 fully saturated rings. The Bertz CT molecular complexity index is 871. The molecule has 3 aromatic rings. The van der Waals surface area contributed by atoms with Crippen LogP contribution in [0.3, 0.4) is 0 Å². The van der Waals surface area contributed by atoms with Crippen molar-refractivity contribution in [1.29, 1.82) is 0 Å². The van der Waals surface area contributed by atoms with Gasteiger partial charge in [0.05, 0.1) is 5.92 Å².